The molecule has 144 valence electrons. The molecule has 28 heavy (non-hydrogen) atoms. The van der Waals surface area contributed by atoms with Gasteiger partial charge in [0.2, 0.25) is 5.39 Å². The van der Waals surface area contributed by atoms with E-state index in [1.165, 1.54) is 18.0 Å². The molecule has 1 aromatic heterocycles. The molecule has 1 aliphatic rings. The maximum absolute atomic E-state index is 12.2. The van der Waals surface area contributed by atoms with Crippen molar-refractivity contribution in [2.75, 3.05) is 11.9 Å². The zero-order valence-electron chi connectivity index (χ0n) is 14.1. The molecule has 0 fully saturated rings. The third kappa shape index (κ3) is 3.62. The van der Waals surface area contributed by atoms with Gasteiger partial charge in [0.1, 0.15) is 13.5 Å². The van der Waals surface area contributed by atoms with Gasteiger partial charge in [-0.15, -0.1) is 11.3 Å². The maximum Gasteiger partial charge on any atom is 0.418 e. The zero-order chi connectivity index (χ0) is 20.6. The lowest BCUT2D eigenvalue weighted by molar-refractivity contribution is -0.118. The van der Waals surface area contributed by atoms with Crippen LogP contribution in [-0.2, 0) is 19.6 Å². The van der Waals surface area contributed by atoms with E-state index < -0.39 is 27.9 Å². The number of diazo groups is 1. The summed E-state index contributed by atoms with van der Waals surface area (Å²) < 4.78 is 26.2. The molecule has 0 aliphatic carbocycles. The summed E-state index contributed by atoms with van der Waals surface area (Å²) in [7, 11) is -2.59. The van der Waals surface area contributed by atoms with Crippen LogP contribution in [0.25, 0.3) is 11.1 Å². The molecule has 1 atom stereocenters. The molecule has 1 unspecified atom stereocenters. The van der Waals surface area contributed by atoms with Gasteiger partial charge in [0, 0.05) is 13.1 Å². The third-order valence-corrected chi connectivity index (χ3v) is 7.65. The predicted octanol–water partition coefficient (Wildman–Crippen LogP) is 3.44. The Kier molecular flexibility index (Phi) is 5.45. The lowest BCUT2D eigenvalue weighted by Gasteiger charge is -2.08. The number of fused-ring (bicyclic) bond motifs is 1. The monoisotopic (exact) mass is 457 g/mol. The maximum atomic E-state index is 12.2. The lowest BCUT2D eigenvalue weighted by Crippen LogP contribution is -2.28. The second-order valence-electron chi connectivity index (χ2n) is 5.69. The van der Waals surface area contributed by atoms with E-state index in [2.05, 4.69) is 4.98 Å². The summed E-state index contributed by atoms with van der Waals surface area (Å²) in [6, 6.07) is 4.98. The van der Waals surface area contributed by atoms with Crippen molar-refractivity contribution in [3.8, 4) is 0 Å². The van der Waals surface area contributed by atoms with Crippen LogP contribution in [0, 0.1) is 5.39 Å². The highest BCUT2D eigenvalue weighted by Gasteiger charge is 2.46. The molecule has 0 saturated heterocycles. The summed E-state index contributed by atoms with van der Waals surface area (Å²) in [6.07, 6.45) is 2.34. The summed E-state index contributed by atoms with van der Waals surface area (Å²) in [4.78, 5) is 28.7. The fourth-order valence-electron chi connectivity index (χ4n) is 2.68. The van der Waals surface area contributed by atoms with Crippen LogP contribution >= 0.6 is 34.5 Å². The molecule has 1 aromatic carbocycles. The average molecular weight is 458 g/mol. The van der Waals surface area contributed by atoms with Crippen LogP contribution < -0.4 is 9.62 Å². The fraction of sp³-hybridized carbons (Fsp3) is 0.125. The van der Waals surface area contributed by atoms with E-state index in [4.69, 9.17) is 23.2 Å². The molecule has 0 spiro atoms. The molecule has 0 bridgehead atoms. The van der Waals surface area contributed by atoms with Crippen molar-refractivity contribution in [1.82, 2.24) is 4.72 Å². The molecule has 0 saturated carbocycles. The molecule has 8 nitrogen and oxygen atoms in total. The minimum atomic E-state index is -4.13. The number of halogens is 2. The molecular weight excluding hydrogens is 447 g/mol. The molecule has 2 amide bonds. The number of nitrogens with zero attached hydrogens (tertiary/aromatic N) is 3. The van der Waals surface area contributed by atoms with Gasteiger partial charge in [-0.3, -0.25) is 9.59 Å². The SMILES string of the molecule is CN1C(=O)C([N+]#N)c2c(/C=C/C(=O)NS(=O)(=O)c3cc(Cl)c(Cl)s3)cccc21. The van der Waals surface area contributed by atoms with Crippen LogP contribution in [-0.4, -0.2) is 27.3 Å². The average Bonchev–Trinajstić information content (AvgIpc) is 3.11. The van der Waals surface area contributed by atoms with Crippen molar-refractivity contribution in [2.24, 2.45) is 0 Å². The van der Waals surface area contributed by atoms with E-state index >= 15 is 0 Å². The number of likely N-dealkylation sites (N-methyl/N-ethyl adjacent to an activating group) is 1. The van der Waals surface area contributed by atoms with Crippen LogP contribution in [0.5, 0.6) is 0 Å². The number of rotatable bonds is 4. The first-order valence-corrected chi connectivity index (χ1v) is 10.7. The van der Waals surface area contributed by atoms with E-state index in [1.807, 2.05) is 4.72 Å². The number of hydrogen-bond acceptors (Lipinski definition) is 6. The van der Waals surface area contributed by atoms with Gasteiger partial charge in [-0.2, -0.15) is 0 Å². The summed E-state index contributed by atoms with van der Waals surface area (Å²) in [6.45, 7) is 0. The second-order valence-corrected chi connectivity index (χ2v) is 9.66. The lowest BCUT2D eigenvalue weighted by atomic mass is 10.0. The van der Waals surface area contributed by atoms with Crippen LogP contribution in [0.2, 0.25) is 9.36 Å². The van der Waals surface area contributed by atoms with Crippen molar-refractivity contribution >= 4 is 68.1 Å². The molecule has 1 N–H and O–H groups in total. The molecule has 12 heteroatoms. The minimum Gasteiger partial charge on any atom is -0.308 e. The van der Waals surface area contributed by atoms with Crippen molar-refractivity contribution < 1.29 is 18.0 Å². The number of thiophene rings is 1. The van der Waals surface area contributed by atoms with E-state index in [0.29, 0.717) is 16.8 Å². The number of sulfonamides is 1. The zero-order valence-corrected chi connectivity index (χ0v) is 17.2. The summed E-state index contributed by atoms with van der Waals surface area (Å²) in [5, 5.41) is 9.25. The minimum absolute atomic E-state index is 0.0717. The summed E-state index contributed by atoms with van der Waals surface area (Å²) in [5.74, 6) is -1.33. The second kappa shape index (κ2) is 7.52. The van der Waals surface area contributed by atoms with Gasteiger partial charge in [-0.05, 0) is 23.8 Å². The smallest absolute Gasteiger partial charge is 0.308 e. The molecular formula is C16H11Cl2N4O4S2+. The standard InChI is InChI=1S/C16H10Cl2N4O4S2/c1-22-10-4-2-3-8(13(10)14(20-19)16(22)24)5-6-11(23)21-28(25,26)12-7-9(17)15(18)27-12/h2-7,14H,1H3/p+1/b6-5+. The number of anilines is 1. The summed E-state index contributed by atoms with van der Waals surface area (Å²) in [5.41, 5.74) is 1.39. The topological polar surface area (TPSA) is 112 Å². The Morgan fingerprint density at radius 3 is 2.71 bits per heavy atom. The highest BCUT2D eigenvalue weighted by molar-refractivity contribution is 7.92. The van der Waals surface area contributed by atoms with Gasteiger partial charge in [-0.1, -0.05) is 35.3 Å². The normalized spacial score (nSPS) is 16.3. The first-order valence-electron chi connectivity index (χ1n) is 7.60. The molecule has 3 rings (SSSR count). The highest BCUT2D eigenvalue weighted by atomic mass is 35.5. The quantitative estimate of drug-likeness (QED) is 0.557. The van der Waals surface area contributed by atoms with Crippen molar-refractivity contribution in [1.29, 1.82) is 5.39 Å². The van der Waals surface area contributed by atoms with E-state index in [0.717, 1.165) is 23.5 Å². The van der Waals surface area contributed by atoms with Gasteiger partial charge in [0.15, 0.2) is 0 Å². The number of carbonyl (C=O) groups is 2. The first kappa shape index (κ1) is 20.3. The van der Waals surface area contributed by atoms with Crippen molar-refractivity contribution in [3.05, 3.63) is 55.8 Å². The number of carbonyl (C=O) groups excluding carboxylic acids is 2. The van der Waals surface area contributed by atoms with Gasteiger partial charge < -0.3 is 4.90 Å². The van der Waals surface area contributed by atoms with Crippen LogP contribution in [0.3, 0.4) is 0 Å². The first-order chi connectivity index (χ1) is 13.2. The number of nitrogens with one attached hydrogen (secondary N) is 1. The van der Waals surface area contributed by atoms with E-state index in [-0.39, 0.29) is 13.6 Å². The van der Waals surface area contributed by atoms with E-state index in [1.54, 1.807) is 18.2 Å². The largest absolute Gasteiger partial charge is 0.418 e. The number of hydrogen-bond donors (Lipinski definition) is 1. The van der Waals surface area contributed by atoms with Gasteiger partial charge in [-0.25, -0.2) is 13.1 Å². The Morgan fingerprint density at radius 1 is 1.39 bits per heavy atom. The molecule has 0 radical (unpaired) electrons. The highest BCUT2D eigenvalue weighted by Crippen LogP contribution is 2.40. The van der Waals surface area contributed by atoms with Crippen molar-refractivity contribution in [2.45, 2.75) is 10.3 Å². The fourth-order valence-corrected chi connectivity index (χ4v) is 5.51. The predicted molar refractivity (Wildman–Crippen MR) is 106 cm³/mol. The van der Waals surface area contributed by atoms with Crippen LogP contribution in [0.15, 0.2) is 34.6 Å². The Bertz CT molecular complexity index is 1150. The Morgan fingerprint density at radius 2 is 2.11 bits per heavy atom. The molecule has 2 aromatic rings. The Balaban J connectivity index is 1.85. The van der Waals surface area contributed by atoms with Crippen LogP contribution in [0.4, 0.5) is 5.69 Å². The van der Waals surface area contributed by atoms with Gasteiger partial charge in [0.25, 0.3) is 15.9 Å². The van der Waals surface area contributed by atoms with Crippen molar-refractivity contribution in [3.63, 3.8) is 0 Å². The Hall–Kier alpha value is -2.45. The van der Waals surface area contributed by atoms with Crippen LogP contribution in [0.1, 0.15) is 17.2 Å². The van der Waals surface area contributed by atoms with Gasteiger partial charge >= 0.3 is 11.9 Å². The number of benzene rings is 1. The Labute approximate surface area is 174 Å². The third-order valence-electron chi connectivity index (χ3n) is 3.97. The summed E-state index contributed by atoms with van der Waals surface area (Å²) >= 11 is 12.2. The number of amides is 2. The molecule has 2 heterocycles. The van der Waals surface area contributed by atoms with E-state index in [9.17, 15) is 23.4 Å². The molecule has 1 aliphatic heterocycles. The van der Waals surface area contributed by atoms with Gasteiger partial charge in [0.05, 0.1) is 16.3 Å².